The smallest absolute Gasteiger partial charge is 0.270 e. The molecule has 0 spiro atoms. The summed E-state index contributed by atoms with van der Waals surface area (Å²) in [6, 6.07) is 11.1. The molecule has 7 nitrogen and oxygen atoms in total. The summed E-state index contributed by atoms with van der Waals surface area (Å²) in [4.78, 5) is 26.8. The zero-order chi connectivity index (χ0) is 18.0. The number of ether oxygens (including phenoxy) is 1. The van der Waals surface area contributed by atoms with Crippen molar-refractivity contribution in [2.75, 3.05) is 5.32 Å². The van der Waals surface area contributed by atoms with E-state index in [1.54, 1.807) is 37.3 Å². The van der Waals surface area contributed by atoms with E-state index >= 15 is 0 Å². The average Bonchev–Trinajstić information content (AvgIpc) is 2.95. The SMILES string of the molecule is C[C@H](Oc1cccc(Cl)c1)C(=O)Nc1nc2ccc([N+](=O)[O-])cc2s1. The first-order chi connectivity index (χ1) is 11.9. The van der Waals surface area contributed by atoms with Crippen LogP contribution in [0.1, 0.15) is 6.92 Å². The fourth-order valence-electron chi connectivity index (χ4n) is 2.09. The molecule has 1 aromatic heterocycles. The zero-order valence-electron chi connectivity index (χ0n) is 12.9. The van der Waals surface area contributed by atoms with Gasteiger partial charge in [0.05, 0.1) is 15.1 Å². The Morgan fingerprint density at radius 3 is 2.88 bits per heavy atom. The van der Waals surface area contributed by atoms with Gasteiger partial charge in [-0.25, -0.2) is 4.98 Å². The van der Waals surface area contributed by atoms with E-state index in [4.69, 9.17) is 16.3 Å². The molecule has 1 heterocycles. The number of hydrogen-bond acceptors (Lipinski definition) is 6. The Balaban J connectivity index is 1.71. The van der Waals surface area contributed by atoms with Gasteiger partial charge in [0.25, 0.3) is 11.6 Å². The van der Waals surface area contributed by atoms with E-state index in [2.05, 4.69) is 10.3 Å². The van der Waals surface area contributed by atoms with Crippen LogP contribution in [-0.4, -0.2) is 21.9 Å². The molecule has 0 saturated carbocycles. The number of thiazole rings is 1. The Hall–Kier alpha value is -2.71. The molecule has 1 N–H and O–H groups in total. The molecule has 2 aromatic carbocycles. The number of nitro groups is 1. The molecule has 9 heteroatoms. The van der Waals surface area contributed by atoms with Gasteiger partial charge in [0.2, 0.25) is 0 Å². The van der Waals surface area contributed by atoms with Gasteiger partial charge in [0.15, 0.2) is 11.2 Å². The Morgan fingerprint density at radius 2 is 2.16 bits per heavy atom. The predicted octanol–water partition coefficient (Wildman–Crippen LogP) is 4.26. The molecule has 128 valence electrons. The van der Waals surface area contributed by atoms with Crippen LogP contribution in [0.2, 0.25) is 5.02 Å². The van der Waals surface area contributed by atoms with Crippen molar-refractivity contribution in [2.45, 2.75) is 13.0 Å². The quantitative estimate of drug-likeness (QED) is 0.529. The summed E-state index contributed by atoms with van der Waals surface area (Å²) >= 11 is 7.04. The molecular weight excluding hydrogens is 366 g/mol. The lowest BCUT2D eigenvalue weighted by molar-refractivity contribution is -0.384. The van der Waals surface area contributed by atoms with Crippen LogP contribution in [0.25, 0.3) is 10.2 Å². The second-order valence-corrected chi connectivity index (χ2v) is 6.60. The standard InChI is InChI=1S/C16H12ClN3O4S/c1-9(24-12-4-2-3-10(17)7-12)15(21)19-16-18-13-6-5-11(20(22)23)8-14(13)25-16/h2-9H,1H3,(H,18,19,21)/t9-/m0/s1. The molecule has 0 fully saturated rings. The third kappa shape index (κ3) is 4.04. The molecule has 0 saturated heterocycles. The molecule has 0 aliphatic rings. The van der Waals surface area contributed by atoms with Crippen molar-refractivity contribution in [1.29, 1.82) is 0 Å². The highest BCUT2D eigenvalue weighted by atomic mass is 35.5. The van der Waals surface area contributed by atoms with Gasteiger partial charge in [0.1, 0.15) is 5.75 Å². The Bertz CT molecular complexity index is 959. The van der Waals surface area contributed by atoms with E-state index in [0.717, 1.165) is 11.3 Å². The number of benzene rings is 2. The maximum absolute atomic E-state index is 12.2. The largest absolute Gasteiger partial charge is 0.481 e. The number of fused-ring (bicyclic) bond motifs is 1. The number of carbonyl (C=O) groups is 1. The minimum absolute atomic E-state index is 0.0216. The number of nitrogens with one attached hydrogen (secondary N) is 1. The molecule has 0 aliphatic heterocycles. The second kappa shape index (κ2) is 7.04. The lowest BCUT2D eigenvalue weighted by Crippen LogP contribution is -2.30. The van der Waals surface area contributed by atoms with E-state index in [1.807, 2.05) is 0 Å². The average molecular weight is 378 g/mol. The van der Waals surface area contributed by atoms with Crippen molar-refractivity contribution in [2.24, 2.45) is 0 Å². The van der Waals surface area contributed by atoms with Crippen LogP contribution in [0.4, 0.5) is 10.8 Å². The minimum atomic E-state index is -0.764. The summed E-state index contributed by atoms with van der Waals surface area (Å²) in [5.74, 6) is 0.101. The summed E-state index contributed by atoms with van der Waals surface area (Å²) in [6.45, 7) is 1.61. The number of carbonyl (C=O) groups excluding carboxylic acids is 1. The highest BCUT2D eigenvalue weighted by molar-refractivity contribution is 7.22. The normalized spacial score (nSPS) is 11.9. The first kappa shape index (κ1) is 17.1. The van der Waals surface area contributed by atoms with E-state index in [9.17, 15) is 14.9 Å². The highest BCUT2D eigenvalue weighted by Gasteiger charge is 2.17. The van der Waals surface area contributed by atoms with E-state index in [0.29, 0.717) is 26.1 Å². The fourth-order valence-corrected chi connectivity index (χ4v) is 3.17. The minimum Gasteiger partial charge on any atom is -0.481 e. The summed E-state index contributed by atoms with van der Waals surface area (Å²) in [7, 11) is 0. The number of rotatable bonds is 5. The van der Waals surface area contributed by atoms with Gasteiger partial charge >= 0.3 is 0 Å². The molecule has 0 bridgehead atoms. The van der Waals surface area contributed by atoms with Crippen LogP contribution in [0.3, 0.4) is 0 Å². The summed E-state index contributed by atoms with van der Waals surface area (Å²) in [6.07, 6.45) is -0.764. The number of halogens is 1. The molecule has 3 aromatic rings. The molecule has 1 atom stereocenters. The van der Waals surface area contributed by atoms with E-state index in [-0.39, 0.29) is 11.6 Å². The molecule has 1 amide bonds. The monoisotopic (exact) mass is 377 g/mol. The zero-order valence-corrected chi connectivity index (χ0v) is 14.5. The molecule has 0 unspecified atom stereocenters. The van der Waals surface area contributed by atoms with Crippen molar-refractivity contribution in [3.05, 3.63) is 57.6 Å². The van der Waals surface area contributed by atoms with Crippen molar-refractivity contribution in [3.63, 3.8) is 0 Å². The van der Waals surface area contributed by atoms with Crippen LogP contribution < -0.4 is 10.1 Å². The summed E-state index contributed by atoms with van der Waals surface area (Å²) < 4.78 is 6.16. The highest BCUT2D eigenvalue weighted by Crippen LogP contribution is 2.29. The third-order valence-electron chi connectivity index (χ3n) is 3.29. The number of nitrogens with zero attached hydrogens (tertiary/aromatic N) is 2. The van der Waals surface area contributed by atoms with Crippen molar-refractivity contribution >= 4 is 49.9 Å². The van der Waals surface area contributed by atoms with Gasteiger partial charge in [0, 0.05) is 17.2 Å². The first-order valence-corrected chi connectivity index (χ1v) is 8.40. The van der Waals surface area contributed by atoms with Crippen LogP contribution in [-0.2, 0) is 4.79 Å². The number of amides is 1. The third-order valence-corrected chi connectivity index (χ3v) is 4.46. The molecule has 3 rings (SSSR count). The van der Waals surface area contributed by atoms with Crippen molar-refractivity contribution in [1.82, 2.24) is 4.98 Å². The second-order valence-electron chi connectivity index (χ2n) is 5.13. The van der Waals surface area contributed by atoms with Gasteiger partial charge in [-0.15, -0.1) is 0 Å². The van der Waals surface area contributed by atoms with Crippen LogP contribution >= 0.6 is 22.9 Å². The van der Waals surface area contributed by atoms with Crippen molar-refractivity contribution < 1.29 is 14.5 Å². The maximum atomic E-state index is 12.2. The Kier molecular flexibility index (Phi) is 4.82. The van der Waals surface area contributed by atoms with Gasteiger partial charge < -0.3 is 4.74 Å². The number of nitro benzene ring substituents is 1. The molecule has 25 heavy (non-hydrogen) atoms. The molecule has 0 aliphatic carbocycles. The predicted molar refractivity (Wildman–Crippen MR) is 96.4 cm³/mol. The maximum Gasteiger partial charge on any atom is 0.270 e. The number of anilines is 1. The van der Waals surface area contributed by atoms with Crippen LogP contribution in [0.15, 0.2) is 42.5 Å². The number of aromatic nitrogens is 1. The van der Waals surface area contributed by atoms with Gasteiger partial charge in [-0.2, -0.15) is 0 Å². The van der Waals surface area contributed by atoms with Gasteiger partial charge in [-0.1, -0.05) is 29.0 Å². The van der Waals surface area contributed by atoms with E-state index in [1.165, 1.54) is 12.1 Å². The van der Waals surface area contributed by atoms with Crippen molar-refractivity contribution in [3.8, 4) is 5.75 Å². The lowest BCUT2D eigenvalue weighted by atomic mass is 10.3. The Morgan fingerprint density at radius 1 is 1.36 bits per heavy atom. The van der Waals surface area contributed by atoms with Gasteiger partial charge in [-0.05, 0) is 31.2 Å². The fraction of sp³-hybridized carbons (Fsp3) is 0.125. The number of hydrogen-bond donors (Lipinski definition) is 1. The first-order valence-electron chi connectivity index (χ1n) is 7.20. The van der Waals surface area contributed by atoms with E-state index < -0.39 is 11.0 Å². The molecule has 0 radical (unpaired) electrons. The number of non-ortho nitro benzene ring substituents is 1. The summed E-state index contributed by atoms with van der Waals surface area (Å²) in [5, 5.41) is 14.3. The van der Waals surface area contributed by atoms with Crippen LogP contribution in [0, 0.1) is 10.1 Å². The van der Waals surface area contributed by atoms with Crippen LogP contribution in [0.5, 0.6) is 5.75 Å². The Labute approximate surface area is 151 Å². The van der Waals surface area contributed by atoms with Gasteiger partial charge in [-0.3, -0.25) is 20.2 Å². The lowest BCUT2D eigenvalue weighted by Gasteiger charge is -2.13. The molecular formula is C16H12ClN3O4S. The topological polar surface area (TPSA) is 94.4 Å². The summed E-state index contributed by atoms with van der Waals surface area (Å²) in [5.41, 5.74) is 0.556.